The Bertz CT molecular complexity index is 423. The molecule has 0 radical (unpaired) electrons. The third-order valence-electron chi connectivity index (χ3n) is 3.82. The van der Waals surface area contributed by atoms with Crippen LogP contribution >= 0.6 is 27.5 Å². The molecule has 0 aromatic heterocycles. The second-order valence-corrected chi connectivity index (χ2v) is 7.01. The van der Waals surface area contributed by atoms with Crippen LogP contribution in [0.3, 0.4) is 0 Å². The Labute approximate surface area is 143 Å². The molecule has 0 aliphatic rings. The number of hydrogen-bond donors (Lipinski definition) is 1. The fourth-order valence-electron chi connectivity index (χ4n) is 2.55. The topological polar surface area (TPSA) is 15.3 Å². The minimum absolute atomic E-state index is 0.318. The Morgan fingerprint density at radius 1 is 1.29 bits per heavy atom. The second kappa shape index (κ2) is 9.83. The van der Waals surface area contributed by atoms with E-state index in [1.165, 1.54) is 5.56 Å². The highest BCUT2D eigenvalue weighted by atomic mass is 79.9. The fourth-order valence-corrected chi connectivity index (χ4v) is 3.35. The van der Waals surface area contributed by atoms with E-state index in [2.05, 4.69) is 66.0 Å². The molecule has 2 nitrogen and oxygen atoms in total. The molecule has 1 rings (SSSR count). The van der Waals surface area contributed by atoms with Crippen LogP contribution in [0.15, 0.2) is 22.7 Å². The molecule has 1 atom stereocenters. The van der Waals surface area contributed by atoms with E-state index < -0.39 is 0 Å². The lowest BCUT2D eigenvalue weighted by molar-refractivity contribution is 0.220. The van der Waals surface area contributed by atoms with Gasteiger partial charge in [0.25, 0.3) is 0 Å². The summed E-state index contributed by atoms with van der Waals surface area (Å²) in [6, 6.07) is 7.09. The highest BCUT2D eigenvalue weighted by Gasteiger charge is 2.16. The van der Waals surface area contributed by atoms with E-state index in [0.717, 1.165) is 42.0 Å². The molecule has 0 heterocycles. The van der Waals surface area contributed by atoms with Gasteiger partial charge in [0.15, 0.2) is 0 Å². The Morgan fingerprint density at radius 2 is 2.00 bits per heavy atom. The fraction of sp³-hybridized carbons (Fsp3) is 0.647. The molecule has 0 aliphatic carbocycles. The van der Waals surface area contributed by atoms with Crippen LogP contribution in [0.2, 0.25) is 5.02 Å². The normalized spacial score (nSPS) is 13.1. The Hall–Kier alpha value is -0.0900. The summed E-state index contributed by atoms with van der Waals surface area (Å²) >= 11 is 9.91. The minimum atomic E-state index is 0.318. The van der Waals surface area contributed by atoms with Gasteiger partial charge in [0.1, 0.15) is 0 Å². The summed E-state index contributed by atoms with van der Waals surface area (Å²) in [5.74, 6) is 0. The number of nitrogens with zero attached hydrogens (tertiary/aromatic N) is 1. The van der Waals surface area contributed by atoms with E-state index in [1.807, 2.05) is 6.07 Å². The Morgan fingerprint density at radius 3 is 2.52 bits per heavy atom. The third-order valence-corrected chi connectivity index (χ3v) is 4.64. The van der Waals surface area contributed by atoms with Crippen LogP contribution in [0.4, 0.5) is 0 Å². The zero-order chi connectivity index (χ0) is 15.8. The standard InChI is InChI=1S/C17H28BrClN2/c1-5-10-20-17(9-11-21(6-2)13(3)4)15-8-7-14(18)12-16(15)19/h7-8,12-13,17,20H,5-6,9-11H2,1-4H3. The summed E-state index contributed by atoms with van der Waals surface area (Å²) in [6.07, 6.45) is 2.21. The Kier molecular flexibility index (Phi) is 8.88. The molecule has 0 aliphatic heterocycles. The monoisotopic (exact) mass is 374 g/mol. The van der Waals surface area contributed by atoms with E-state index in [9.17, 15) is 0 Å². The van der Waals surface area contributed by atoms with E-state index >= 15 is 0 Å². The first kappa shape index (κ1) is 19.0. The molecule has 0 saturated heterocycles. The average Bonchev–Trinajstić information content (AvgIpc) is 2.43. The average molecular weight is 376 g/mol. The van der Waals surface area contributed by atoms with Gasteiger partial charge in [0, 0.05) is 28.1 Å². The molecule has 4 heteroatoms. The number of rotatable bonds is 9. The van der Waals surface area contributed by atoms with Gasteiger partial charge < -0.3 is 10.2 Å². The second-order valence-electron chi connectivity index (χ2n) is 5.68. The van der Waals surface area contributed by atoms with Crippen molar-refractivity contribution in [2.45, 2.75) is 52.6 Å². The van der Waals surface area contributed by atoms with Gasteiger partial charge in [-0.15, -0.1) is 0 Å². The molecule has 0 bridgehead atoms. The van der Waals surface area contributed by atoms with Crippen LogP contribution in [0.25, 0.3) is 0 Å². The molecule has 0 amide bonds. The summed E-state index contributed by atoms with van der Waals surface area (Å²) in [6.45, 7) is 12.1. The van der Waals surface area contributed by atoms with Gasteiger partial charge >= 0.3 is 0 Å². The third kappa shape index (κ3) is 6.27. The molecule has 0 saturated carbocycles. The summed E-state index contributed by atoms with van der Waals surface area (Å²) in [7, 11) is 0. The SMILES string of the molecule is CCCNC(CCN(CC)C(C)C)c1ccc(Br)cc1Cl. The first-order valence-corrected chi connectivity index (χ1v) is 9.09. The lowest BCUT2D eigenvalue weighted by Gasteiger charge is -2.28. The van der Waals surface area contributed by atoms with Gasteiger partial charge in [-0.3, -0.25) is 0 Å². The van der Waals surface area contributed by atoms with Crippen molar-refractivity contribution < 1.29 is 0 Å². The lowest BCUT2D eigenvalue weighted by Crippen LogP contribution is -2.34. The predicted octanol–water partition coefficient (Wildman–Crippen LogP) is 5.26. The van der Waals surface area contributed by atoms with Crippen molar-refractivity contribution in [3.05, 3.63) is 33.3 Å². The van der Waals surface area contributed by atoms with Crippen molar-refractivity contribution in [3.8, 4) is 0 Å². The summed E-state index contributed by atoms with van der Waals surface area (Å²) in [4.78, 5) is 2.49. The predicted molar refractivity (Wildman–Crippen MR) is 97.2 cm³/mol. The molecule has 1 aromatic rings. The van der Waals surface area contributed by atoms with Gasteiger partial charge in [-0.25, -0.2) is 0 Å². The highest BCUT2D eigenvalue weighted by Crippen LogP contribution is 2.28. The molecule has 1 aromatic carbocycles. The largest absolute Gasteiger partial charge is 0.310 e. The highest BCUT2D eigenvalue weighted by molar-refractivity contribution is 9.10. The van der Waals surface area contributed by atoms with Gasteiger partial charge in [0.05, 0.1) is 0 Å². The first-order valence-electron chi connectivity index (χ1n) is 7.91. The smallest absolute Gasteiger partial charge is 0.0465 e. The zero-order valence-corrected chi connectivity index (χ0v) is 16.0. The maximum atomic E-state index is 6.43. The van der Waals surface area contributed by atoms with Crippen LogP contribution in [-0.2, 0) is 0 Å². The molecule has 1 unspecified atom stereocenters. The maximum Gasteiger partial charge on any atom is 0.0465 e. The van der Waals surface area contributed by atoms with E-state index in [4.69, 9.17) is 11.6 Å². The van der Waals surface area contributed by atoms with Crippen molar-refractivity contribution >= 4 is 27.5 Å². The van der Waals surface area contributed by atoms with E-state index in [1.54, 1.807) is 0 Å². The van der Waals surface area contributed by atoms with Crippen LogP contribution in [0.5, 0.6) is 0 Å². The molecule has 0 fully saturated rings. The van der Waals surface area contributed by atoms with Gasteiger partial charge in [-0.05, 0) is 57.5 Å². The molecule has 0 spiro atoms. The van der Waals surface area contributed by atoms with Gasteiger partial charge in [-0.2, -0.15) is 0 Å². The van der Waals surface area contributed by atoms with Crippen molar-refractivity contribution in [1.82, 2.24) is 10.2 Å². The number of benzene rings is 1. The minimum Gasteiger partial charge on any atom is -0.310 e. The number of nitrogens with one attached hydrogen (secondary N) is 1. The van der Waals surface area contributed by atoms with E-state index in [0.29, 0.717) is 12.1 Å². The maximum absolute atomic E-state index is 6.43. The molecular weight excluding hydrogens is 348 g/mol. The summed E-state index contributed by atoms with van der Waals surface area (Å²) in [5.41, 5.74) is 1.20. The van der Waals surface area contributed by atoms with Crippen LogP contribution in [-0.4, -0.2) is 30.6 Å². The van der Waals surface area contributed by atoms with Crippen molar-refractivity contribution in [2.24, 2.45) is 0 Å². The summed E-state index contributed by atoms with van der Waals surface area (Å²) < 4.78 is 1.03. The molecular formula is C17H28BrClN2. The molecule has 1 N–H and O–H groups in total. The quantitative estimate of drug-likeness (QED) is 0.633. The van der Waals surface area contributed by atoms with Gasteiger partial charge in [0.2, 0.25) is 0 Å². The van der Waals surface area contributed by atoms with Crippen LogP contribution < -0.4 is 5.32 Å². The number of halogens is 2. The Balaban J connectivity index is 2.79. The van der Waals surface area contributed by atoms with E-state index in [-0.39, 0.29) is 0 Å². The first-order chi connectivity index (χ1) is 9.99. The van der Waals surface area contributed by atoms with Crippen LogP contribution in [0, 0.1) is 0 Å². The molecule has 21 heavy (non-hydrogen) atoms. The van der Waals surface area contributed by atoms with Crippen molar-refractivity contribution in [3.63, 3.8) is 0 Å². The van der Waals surface area contributed by atoms with Crippen molar-refractivity contribution in [2.75, 3.05) is 19.6 Å². The van der Waals surface area contributed by atoms with Gasteiger partial charge in [-0.1, -0.05) is 47.4 Å². The summed E-state index contributed by atoms with van der Waals surface area (Å²) in [5, 5.41) is 4.48. The van der Waals surface area contributed by atoms with Crippen molar-refractivity contribution in [1.29, 1.82) is 0 Å². The van der Waals surface area contributed by atoms with Crippen LogP contribution in [0.1, 0.15) is 52.1 Å². The zero-order valence-electron chi connectivity index (χ0n) is 13.6. The molecule has 120 valence electrons. The lowest BCUT2D eigenvalue weighted by atomic mass is 10.0. The number of hydrogen-bond acceptors (Lipinski definition) is 2.